The van der Waals surface area contributed by atoms with Gasteiger partial charge < -0.3 is 9.30 Å². The smallest absolute Gasteiger partial charge is 0.0626 e. The van der Waals surface area contributed by atoms with Crippen LogP contribution in [0.3, 0.4) is 0 Å². The fraction of sp³-hybridized carbons (Fsp3) is 0.0698. The Morgan fingerprint density at radius 3 is 2.09 bits per heavy atom. The number of anilines is 3. The van der Waals surface area contributed by atoms with E-state index in [-0.39, 0.29) is 5.41 Å². The second-order valence-corrected chi connectivity index (χ2v) is 13.0. The van der Waals surface area contributed by atoms with Crippen molar-refractivity contribution in [3.63, 3.8) is 0 Å². The first-order chi connectivity index (χ1) is 22.1. The van der Waals surface area contributed by atoms with Gasteiger partial charge >= 0.3 is 0 Å². The summed E-state index contributed by atoms with van der Waals surface area (Å²) >= 11 is 0. The number of aromatic nitrogens is 1. The van der Waals surface area contributed by atoms with E-state index in [1.165, 1.54) is 71.1 Å². The van der Waals surface area contributed by atoms with Crippen LogP contribution in [0.25, 0.3) is 60.0 Å². The maximum atomic E-state index is 2.49. The predicted molar refractivity (Wildman–Crippen MR) is 191 cm³/mol. The van der Waals surface area contributed by atoms with Crippen LogP contribution in [0.4, 0.5) is 17.1 Å². The maximum absolute atomic E-state index is 2.49. The average molecular weight is 575 g/mol. The van der Waals surface area contributed by atoms with Gasteiger partial charge in [-0.15, -0.1) is 0 Å². The molecule has 0 aliphatic heterocycles. The monoisotopic (exact) mass is 574 g/mol. The molecule has 2 nitrogen and oxygen atoms in total. The van der Waals surface area contributed by atoms with Crippen molar-refractivity contribution in [1.29, 1.82) is 0 Å². The van der Waals surface area contributed by atoms with E-state index in [0.29, 0.717) is 0 Å². The third kappa shape index (κ3) is 3.24. The molecule has 0 radical (unpaired) electrons. The highest BCUT2D eigenvalue weighted by atomic mass is 15.1. The molecule has 1 aliphatic rings. The minimum atomic E-state index is -0.0209. The number of nitrogens with zero attached hydrogens (tertiary/aromatic N) is 2. The lowest BCUT2D eigenvalue weighted by molar-refractivity contribution is 0.660. The Balaban J connectivity index is 1.26. The van der Waals surface area contributed by atoms with Crippen LogP contribution in [-0.4, -0.2) is 4.40 Å². The van der Waals surface area contributed by atoms with Gasteiger partial charge in [0, 0.05) is 44.0 Å². The van der Waals surface area contributed by atoms with E-state index in [1.807, 2.05) is 0 Å². The second-order valence-electron chi connectivity index (χ2n) is 13.0. The summed E-state index contributed by atoms with van der Waals surface area (Å²) in [6.07, 6.45) is 0. The molecule has 0 spiro atoms. The van der Waals surface area contributed by atoms with Crippen molar-refractivity contribution in [2.24, 2.45) is 0 Å². The highest BCUT2D eigenvalue weighted by Crippen LogP contribution is 2.51. The molecule has 0 amide bonds. The lowest BCUT2D eigenvalue weighted by atomic mass is 9.82. The number of para-hydroxylation sites is 2. The molecule has 7 aromatic carbocycles. The molecule has 10 rings (SSSR count). The molecule has 1 aliphatic carbocycles. The Kier molecular flexibility index (Phi) is 4.82. The molecule has 0 bridgehead atoms. The maximum Gasteiger partial charge on any atom is 0.0626 e. The van der Waals surface area contributed by atoms with Gasteiger partial charge in [0.25, 0.3) is 0 Å². The lowest BCUT2D eigenvalue weighted by Crippen LogP contribution is -2.15. The summed E-state index contributed by atoms with van der Waals surface area (Å²) in [6.45, 7) is 4.69. The third-order valence-corrected chi connectivity index (χ3v) is 10.3. The molecule has 45 heavy (non-hydrogen) atoms. The van der Waals surface area contributed by atoms with E-state index in [4.69, 9.17) is 0 Å². The first-order valence-electron chi connectivity index (χ1n) is 15.8. The van der Waals surface area contributed by atoms with Gasteiger partial charge in [0.05, 0.1) is 16.6 Å². The minimum absolute atomic E-state index is 0.0209. The van der Waals surface area contributed by atoms with Crippen LogP contribution in [0.2, 0.25) is 0 Å². The summed E-state index contributed by atoms with van der Waals surface area (Å²) in [5.74, 6) is 0. The molecule has 0 atom stereocenters. The SMILES string of the molecule is CC1(C)c2ccccc2-c2cc(N(c3ccccc3)c3ccc4c(c3)c3ccc5cccc6c7ccccc7n4c3c56)ccc21. The molecule has 2 heterocycles. The van der Waals surface area contributed by atoms with Crippen molar-refractivity contribution in [1.82, 2.24) is 4.40 Å². The predicted octanol–water partition coefficient (Wildman–Crippen LogP) is 11.8. The minimum Gasteiger partial charge on any atom is -0.310 e. The molecule has 0 unspecified atom stereocenters. The molecule has 0 saturated heterocycles. The number of fused-ring (bicyclic) bond motifs is 9. The Hall–Kier alpha value is -5.60. The summed E-state index contributed by atoms with van der Waals surface area (Å²) in [7, 11) is 0. The lowest BCUT2D eigenvalue weighted by Gasteiger charge is -2.27. The Morgan fingerprint density at radius 1 is 0.467 bits per heavy atom. The summed E-state index contributed by atoms with van der Waals surface area (Å²) in [4.78, 5) is 2.41. The zero-order valence-electron chi connectivity index (χ0n) is 25.3. The second kappa shape index (κ2) is 8.74. The van der Waals surface area contributed by atoms with Gasteiger partial charge in [-0.1, -0.05) is 111 Å². The molecular formula is C43H30N2. The number of rotatable bonds is 3. The van der Waals surface area contributed by atoms with E-state index >= 15 is 0 Å². The van der Waals surface area contributed by atoms with Crippen LogP contribution >= 0.6 is 0 Å². The summed E-state index contributed by atoms with van der Waals surface area (Å²) in [5, 5.41) is 7.79. The van der Waals surface area contributed by atoms with Crippen molar-refractivity contribution in [2.75, 3.05) is 4.90 Å². The van der Waals surface area contributed by atoms with E-state index in [0.717, 1.165) is 17.1 Å². The van der Waals surface area contributed by atoms with Crippen LogP contribution in [0, 0.1) is 0 Å². The standard InChI is InChI=1S/C43H30N2/c1-43(2)37-17-8-6-14-31(37)35-25-29(20-23-38(35)43)44(28-12-4-3-5-13-28)30-21-24-40-36(26-30)34-22-19-27-11-10-16-33-32-15-7-9-18-39(32)45(40)42(34)41(27)33/h3-26H,1-2H3. The van der Waals surface area contributed by atoms with Gasteiger partial charge in [0.1, 0.15) is 0 Å². The van der Waals surface area contributed by atoms with Crippen LogP contribution < -0.4 is 4.90 Å². The van der Waals surface area contributed by atoms with E-state index in [2.05, 4.69) is 169 Å². The molecule has 0 saturated carbocycles. The van der Waals surface area contributed by atoms with Crippen LogP contribution in [0.1, 0.15) is 25.0 Å². The quantitative estimate of drug-likeness (QED) is 0.150. The zero-order valence-corrected chi connectivity index (χ0v) is 25.3. The van der Waals surface area contributed by atoms with Gasteiger partial charge in [0.15, 0.2) is 0 Å². The highest BCUT2D eigenvalue weighted by Gasteiger charge is 2.35. The van der Waals surface area contributed by atoms with Gasteiger partial charge in [0.2, 0.25) is 0 Å². The first-order valence-corrected chi connectivity index (χ1v) is 15.8. The Morgan fingerprint density at radius 2 is 1.18 bits per heavy atom. The summed E-state index contributed by atoms with van der Waals surface area (Å²) in [5.41, 5.74) is 12.7. The van der Waals surface area contributed by atoms with Crippen molar-refractivity contribution in [2.45, 2.75) is 19.3 Å². The van der Waals surface area contributed by atoms with E-state index < -0.39 is 0 Å². The topological polar surface area (TPSA) is 7.65 Å². The highest BCUT2D eigenvalue weighted by molar-refractivity contribution is 6.28. The Bertz CT molecular complexity index is 2610. The first kappa shape index (κ1) is 24.8. The fourth-order valence-electron chi connectivity index (χ4n) is 8.25. The van der Waals surface area contributed by atoms with Gasteiger partial charge in [-0.3, -0.25) is 0 Å². The Labute approximate surface area is 261 Å². The van der Waals surface area contributed by atoms with Crippen molar-refractivity contribution in [3.8, 4) is 11.1 Å². The van der Waals surface area contributed by atoms with Crippen LogP contribution in [0.15, 0.2) is 146 Å². The molecule has 0 N–H and O–H groups in total. The number of pyridine rings is 1. The van der Waals surface area contributed by atoms with Gasteiger partial charge in [-0.05, 0) is 81.6 Å². The molecule has 2 aromatic heterocycles. The normalized spacial score (nSPS) is 13.7. The summed E-state index contributed by atoms with van der Waals surface area (Å²) in [6, 6.07) is 53.9. The molecular weight excluding hydrogens is 544 g/mol. The molecule has 2 heteroatoms. The number of hydrogen-bond acceptors (Lipinski definition) is 1. The molecule has 0 fully saturated rings. The average Bonchev–Trinajstić information content (AvgIpc) is 3.54. The van der Waals surface area contributed by atoms with Gasteiger partial charge in [-0.2, -0.15) is 0 Å². The third-order valence-electron chi connectivity index (χ3n) is 10.3. The van der Waals surface area contributed by atoms with Crippen molar-refractivity contribution >= 4 is 65.9 Å². The number of hydrogen-bond donors (Lipinski definition) is 0. The summed E-state index contributed by atoms with van der Waals surface area (Å²) < 4.78 is 2.49. The van der Waals surface area contributed by atoms with Gasteiger partial charge in [-0.25, -0.2) is 0 Å². The van der Waals surface area contributed by atoms with Crippen molar-refractivity contribution in [3.05, 3.63) is 157 Å². The van der Waals surface area contributed by atoms with Crippen LogP contribution in [0.5, 0.6) is 0 Å². The number of benzene rings is 7. The largest absolute Gasteiger partial charge is 0.310 e. The van der Waals surface area contributed by atoms with Crippen LogP contribution in [-0.2, 0) is 5.41 Å². The van der Waals surface area contributed by atoms with Crippen molar-refractivity contribution < 1.29 is 0 Å². The molecule has 9 aromatic rings. The fourth-order valence-corrected chi connectivity index (χ4v) is 8.25. The van der Waals surface area contributed by atoms with E-state index in [9.17, 15) is 0 Å². The zero-order chi connectivity index (χ0) is 29.9. The molecule has 212 valence electrons. The van der Waals surface area contributed by atoms with E-state index in [1.54, 1.807) is 0 Å².